The van der Waals surface area contributed by atoms with Crippen LogP contribution in [-0.2, 0) is 9.47 Å². The van der Waals surface area contributed by atoms with Crippen LogP contribution in [0.5, 0.6) is 0 Å². The molecule has 0 amide bonds. The minimum atomic E-state index is -0.537. The molecular weight excluding hydrogens is 320 g/mol. The first kappa shape index (κ1) is 13.9. The summed E-state index contributed by atoms with van der Waals surface area (Å²) < 4.78 is 12.4. The van der Waals surface area contributed by atoms with Gasteiger partial charge in [-0.1, -0.05) is 12.1 Å². The Morgan fingerprint density at radius 2 is 1.75 bits per heavy atom. The summed E-state index contributed by atoms with van der Waals surface area (Å²) >= 11 is 3.51. The third kappa shape index (κ3) is 2.56. The van der Waals surface area contributed by atoms with E-state index < -0.39 is 11.3 Å². The molecule has 5 heteroatoms. The maximum atomic E-state index is 9.62. The Kier molecular flexibility index (Phi) is 3.72. The van der Waals surface area contributed by atoms with Crippen LogP contribution in [0.3, 0.4) is 0 Å². The third-order valence-electron chi connectivity index (χ3n) is 4.14. The van der Waals surface area contributed by atoms with Crippen LogP contribution in [0.1, 0.15) is 25.7 Å². The molecule has 1 spiro atoms. The summed E-state index contributed by atoms with van der Waals surface area (Å²) in [7, 11) is 0. The topological polar surface area (TPSA) is 54.3 Å². The van der Waals surface area contributed by atoms with Gasteiger partial charge in [-0.15, -0.1) is 0 Å². The lowest BCUT2D eigenvalue weighted by atomic mass is 9.79. The molecule has 0 radical (unpaired) electrons. The van der Waals surface area contributed by atoms with E-state index in [9.17, 15) is 5.26 Å². The Balaban J connectivity index is 1.74. The number of ether oxygens (including phenoxy) is 2. The lowest BCUT2D eigenvalue weighted by molar-refractivity contribution is -0.180. The fourth-order valence-electron chi connectivity index (χ4n) is 2.93. The van der Waals surface area contributed by atoms with Gasteiger partial charge in [0, 0.05) is 23.0 Å². The Hall–Kier alpha value is -1.09. The van der Waals surface area contributed by atoms with Crippen molar-refractivity contribution in [2.45, 2.75) is 37.0 Å². The number of hydrogen-bond donors (Lipinski definition) is 1. The molecule has 1 aliphatic heterocycles. The van der Waals surface area contributed by atoms with Crippen molar-refractivity contribution < 1.29 is 9.47 Å². The van der Waals surface area contributed by atoms with Gasteiger partial charge in [-0.05, 0) is 40.9 Å². The molecule has 1 aromatic carbocycles. The molecule has 1 aliphatic carbocycles. The van der Waals surface area contributed by atoms with Crippen LogP contribution in [-0.4, -0.2) is 24.5 Å². The second-order valence-electron chi connectivity index (χ2n) is 5.41. The van der Waals surface area contributed by atoms with E-state index in [2.05, 4.69) is 27.3 Å². The van der Waals surface area contributed by atoms with Gasteiger partial charge in [0.05, 0.1) is 19.3 Å². The zero-order valence-corrected chi connectivity index (χ0v) is 12.8. The maximum Gasteiger partial charge on any atom is 0.168 e. The molecule has 0 aromatic heterocycles. The molecule has 0 bridgehead atoms. The molecule has 1 saturated carbocycles. The zero-order chi connectivity index (χ0) is 14.1. The van der Waals surface area contributed by atoms with Crippen molar-refractivity contribution in [3.63, 3.8) is 0 Å². The second kappa shape index (κ2) is 5.36. The lowest BCUT2D eigenvalue weighted by Gasteiger charge is -2.40. The van der Waals surface area contributed by atoms with Gasteiger partial charge in [-0.2, -0.15) is 5.26 Å². The Bertz CT molecular complexity index is 525. The molecule has 1 heterocycles. The Morgan fingerprint density at radius 1 is 1.10 bits per heavy atom. The molecular formula is C15H17BrN2O2. The zero-order valence-electron chi connectivity index (χ0n) is 11.2. The van der Waals surface area contributed by atoms with E-state index in [1.807, 2.05) is 24.3 Å². The average Bonchev–Trinajstić information content (AvgIpc) is 2.93. The molecule has 0 atom stereocenters. The largest absolute Gasteiger partial charge is 0.366 e. The first-order chi connectivity index (χ1) is 9.67. The van der Waals surface area contributed by atoms with E-state index in [0.29, 0.717) is 13.2 Å². The summed E-state index contributed by atoms with van der Waals surface area (Å²) in [5.74, 6) is -0.435. The van der Waals surface area contributed by atoms with Crippen molar-refractivity contribution in [3.8, 4) is 6.07 Å². The van der Waals surface area contributed by atoms with E-state index >= 15 is 0 Å². The van der Waals surface area contributed by atoms with Crippen molar-refractivity contribution in [1.82, 2.24) is 0 Å². The van der Waals surface area contributed by atoms with Crippen molar-refractivity contribution in [1.29, 1.82) is 5.26 Å². The molecule has 1 saturated heterocycles. The SMILES string of the molecule is N#CC1(Nc2ccccc2Br)CCC2(CC1)OCCO2. The highest BCUT2D eigenvalue weighted by atomic mass is 79.9. The molecule has 2 fully saturated rings. The first-order valence-corrected chi connectivity index (χ1v) is 7.68. The smallest absolute Gasteiger partial charge is 0.168 e. The number of nitrogens with one attached hydrogen (secondary N) is 1. The minimum Gasteiger partial charge on any atom is -0.366 e. The maximum absolute atomic E-state index is 9.62. The van der Waals surface area contributed by atoms with Crippen LogP contribution in [0.4, 0.5) is 5.69 Å². The number of hydrogen-bond acceptors (Lipinski definition) is 4. The number of nitriles is 1. The summed E-state index contributed by atoms with van der Waals surface area (Å²) in [6, 6.07) is 10.3. The van der Waals surface area contributed by atoms with Crippen LogP contribution in [0.25, 0.3) is 0 Å². The van der Waals surface area contributed by atoms with Crippen molar-refractivity contribution in [3.05, 3.63) is 28.7 Å². The molecule has 1 N–H and O–H groups in total. The molecule has 106 valence electrons. The van der Waals surface area contributed by atoms with Crippen LogP contribution in [0, 0.1) is 11.3 Å². The van der Waals surface area contributed by atoms with Gasteiger partial charge in [0.1, 0.15) is 5.54 Å². The lowest BCUT2D eigenvalue weighted by Crippen LogP contribution is -2.47. The van der Waals surface area contributed by atoms with E-state index in [1.165, 1.54) is 0 Å². The number of rotatable bonds is 2. The highest BCUT2D eigenvalue weighted by molar-refractivity contribution is 9.10. The van der Waals surface area contributed by atoms with Crippen LogP contribution in [0.15, 0.2) is 28.7 Å². The highest BCUT2D eigenvalue weighted by Crippen LogP contribution is 2.42. The molecule has 3 rings (SSSR count). The van der Waals surface area contributed by atoms with Gasteiger partial charge in [0.2, 0.25) is 0 Å². The monoisotopic (exact) mass is 336 g/mol. The number of nitrogens with zero attached hydrogens (tertiary/aromatic N) is 1. The van der Waals surface area contributed by atoms with Gasteiger partial charge in [-0.3, -0.25) is 0 Å². The van der Waals surface area contributed by atoms with Gasteiger partial charge in [-0.25, -0.2) is 0 Å². The van der Waals surface area contributed by atoms with Gasteiger partial charge >= 0.3 is 0 Å². The Labute approximate surface area is 127 Å². The van der Waals surface area contributed by atoms with Crippen LogP contribution < -0.4 is 5.32 Å². The van der Waals surface area contributed by atoms with E-state index in [-0.39, 0.29) is 0 Å². The van der Waals surface area contributed by atoms with Crippen LogP contribution in [0.2, 0.25) is 0 Å². The van der Waals surface area contributed by atoms with Crippen LogP contribution >= 0.6 is 15.9 Å². The standard InChI is InChI=1S/C15H17BrN2O2/c16-12-3-1-2-4-13(12)18-14(11-17)5-7-15(8-6-14)19-9-10-20-15/h1-4,18H,5-10H2. The van der Waals surface area contributed by atoms with E-state index in [0.717, 1.165) is 35.8 Å². The first-order valence-electron chi connectivity index (χ1n) is 6.89. The van der Waals surface area contributed by atoms with Crippen molar-refractivity contribution in [2.75, 3.05) is 18.5 Å². The summed E-state index contributed by atoms with van der Waals surface area (Å²) in [5, 5.41) is 13.0. The van der Waals surface area contributed by atoms with Gasteiger partial charge in [0.25, 0.3) is 0 Å². The summed E-state index contributed by atoms with van der Waals surface area (Å²) in [4.78, 5) is 0. The average molecular weight is 337 g/mol. The normalized spacial score (nSPS) is 23.4. The summed E-state index contributed by atoms with van der Waals surface area (Å²) in [6.07, 6.45) is 2.98. The molecule has 0 unspecified atom stereocenters. The van der Waals surface area contributed by atoms with Crippen molar-refractivity contribution in [2.24, 2.45) is 0 Å². The fraction of sp³-hybridized carbons (Fsp3) is 0.533. The van der Waals surface area contributed by atoms with E-state index in [4.69, 9.17) is 9.47 Å². The quantitative estimate of drug-likeness (QED) is 0.898. The van der Waals surface area contributed by atoms with Crippen molar-refractivity contribution >= 4 is 21.6 Å². The number of benzene rings is 1. The predicted molar refractivity (Wildman–Crippen MR) is 79.2 cm³/mol. The molecule has 4 nitrogen and oxygen atoms in total. The number of anilines is 1. The Morgan fingerprint density at radius 3 is 2.35 bits per heavy atom. The minimum absolute atomic E-state index is 0.435. The molecule has 1 aromatic rings. The summed E-state index contributed by atoms with van der Waals surface area (Å²) in [6.45, 7) is 1.33. The highest BCUT2D eigenvalue weighted by Gasteiger charge is 2.46. The number of para-hydroxylation sites is 1. The van der Waals surface area contributed by atoms with Gasteiger partial charge < -0.3 is 14.8 Å². The fourth-order valence-corrected chi connectivity index (χ4v) is 3.31. The molecule has 20 heavy (non-hydrogen) atoms. The van der Waals surface area contributed by atoms with E-state index in [1.54, 1.807) is 0 Å². The summed E-state index contributed by atoms with van der Waals surface area (Å²) in [5.41, 5.74) is 0.419. The molecule has 2 aliphatic rings. The second-order valence-corrected chi connectivity index (χ2v) is 6.26. The predicted octanol–water partition coefficient (Wildman–Crippen LogP) is 3.44. The number of halogens is 1. The van der Waals surface area contributed by atoms with Gasteiger partial charge in [0.15, 0.2) is 5.79 Å². The third-order valence-corrected chi connectivity index (χ3v) is 4.83.